The molecule has 4 aliphatic carbocycles. The molecule has 1 aliphatic heterocycles. The first-order chi connectivity index (χ1) is 15.7. The highest BCUT2D eigenvalue weighted by Gasteiger charge is 2.65. The number of fused-ring (bicyclic) bond motifs is 5. The van der Waals surface area contributed by atoms with Crippen molar-refractivity contribution in [1.29, 1.82) is 0 Å². The van der Waals surface area contributed by atoms with Crippen LogP contribution in [0.5, 0.6) is 0 Å². The van der Waals surface area contributed by atoms with Gasteiger partial charge in [0.25, 0.3) is 0 Å². The van der Waals surface area contributed by atoms with Gasteiger partial charge in [-0.05, 0) is 102 Å². The largest absolute Gasteiger partial charge is 0.391 e. The zero-order chi connectivity index (χ0) is 24.8. The van der Waals surface area contributed by atoms with E-state index in [0.29, 0.717) is 30.0 Å². The summed E-state index contributed by atoms with van der Waals surface area (Å²) < 4.78 is 6.33. The number of aliphatic hydroxyl groups excluding tert-OH is 1. The second-order valence-corrected chi connectivity index (χ2v) is 14.5. The Morgan fingerprint density at radius 2 is 1.62 bits per heavy atom. The molecular weight excluding hydrogens is 426 g/mol. The van der Waals surface area contributed by atoms with E-state index in [1.54, 1.807) is 6.92 Å². The number of ether oxygens (including phenoxy) is 1. The van der Waals surface area contributed by atoms with Gasteiger partial charge in [-0.15, -0.1) is 0 Å². The summed E-state index contributed by atoms with van der Waals surface area (Å²) in [6, 6.07) is 0.0668. The van der Waals surface area contributed by atoms with Crippen molar-refractivity contribution in [3.05, 3.63) is 0 Å². The summed E-state index contributed by atoms with van der Waals surface area (Å²) in [6.45, 7) is 16.5. The van der Waals surface area contributed by atoms with E-state index < -0.39 is 0 Å². The number of hydrogen-bond acceptors (Lipinski definition) is 5. The normalized spacial score (nSPS) is 50.2. The lowest BCUT2D eigenvalue weighted by molar-refractivity contribution is -0.210. The molecule has 1 N–H and O–H groups in total. The topological polar surface area (TPSA) is 66.8 Å². The van der Waals surface area contributed by atoms with Crippen LogP contribution in [0.25, 0.3) is 0 Å². The van der Waals surface area contributed by atoms with E-state index in [9.17, 15) is 14.7 Å². The van der Waals surface area contributed by atoms with Gasteiger partial charge in [-0.25, -0.2) is 0 Å². The van der Waals surface area contributed by atoms with Gasteiger partial charge in [-0.3, -0.25) is 14.5 Å². The molecule has 0 radical (unpaired) electrons. The van der Waals surface area contributed by atoms with E-state index in [1.165, 1.54) is 0 Å². The van der Waals surface area contributed by atoms with E-state index in [2.05, 4.69) is 46.4 Å². The summed E-state index contributed by atoms with van der Waals surface area (Å²) >= 11 is 0. The fraction of sp³-hybridized carbons (Fsp3) is 0.931. The Morgan fingerprint density at radius 1 is 0.971 bits per heavy atom. The molecule has 0 bridgehead atoms. The number of ketones is 2. The van der Waals surface area contributed by atoms with E-state index in [-0.39, 0.29) is 51.8 Å². The van der Waals surface area contributed by atoms with Crippen LogP contribution in [0.15, 0.2) is 0 Å². The Bertz CT molecular complexity index is 850. The van der Waals surface area contributed by atoms with Gasteiger partial charge in [0.05, 0.1) is 17.3 Å². The quantitative estimate of drug-likeness (QED) is 0.633. The van der Waals surface area contributed by atoms with Crippen molar-refractivity contribution in [2.45, 2.75) is 117 Å². The number of rotatable bonds is 2. The Hall–Kier alpha value is -0.780. The molecule has 5 fully saturated rings. The Kier molecular flexibility index (Phi) is 5.75. The molecule has 9 atom stereocenters. The highest BCUT2D eigenvalue weighted by atomic mass is 16.5. The molecule has 4 saturated carbocycles. The average Bonchev–Trinajstić information content (AvgIpc) is 3.02. The number of aliphatic hydroxyl groups is 1. The lowest BCUT2D eigenvalue weighted by atomic mass is 9.43. The molecule has 192 valence electrons. The molecule has 0 aromatic heterocycles. The fourth-order valence-corrected chi connectivity index (χ4v) is 10.2. The van der Waals surface area contributed by atoms with Gasteiger partial charge in [0.15, 0.2) is 0 Å². The molecule has 34 heavy (non-hydrogen) atoms. The Morgan fingerprint density at radius 3 is 2.24 bits per heavy atom. The van der Waals surface area contributed by atoms with Crippen molar-refractivity contribution in [2.24, 2.45) is 40.4 Å². The summed E-state index contributed by atoms with van der Waals surface area (Å²) in [5.74, 6) is 2.08. The average molecular weight is 474 g/mol. The number of hydrogen-bond donors (Lipinski definition) is 1. The van der Waals surface area contributed by atoms with E-state index in [1.807, 2.05) is 0 Å². The zero-order valence-electron chi connectivity index (χ0n) is 22.5. The maximum Gasteiger partial charge on any atom is 0.137 e. The van der Waals surface area contributed by atoms with Gasteiger partial charge in [-0.2, -0.15) is 0 Å². The third-order valence-electron chi connectivity index (χ3n) is 11.0. The van der Waals surface area contributed by atoms with Gasteiger partial charge in [0, 0.05) is 37.4 Å². The monoisotopic (exact) mass is 473 g/mol. The highest BCUT2D eigenvalue weighted by Crippen LogP contribution is 2.66. The van der Waals surface area contributed by atoms with Crippen LogP contribution in [0.4, 0.5) is 0 Å². The molecule has 0 aromatic rings. The minimum Gasteiger partial charge on any atom is -0.391 e. The second-order valence-electron chi connectivity index (χ2n) is 14.5. The molecule has 1 heterocycles. The Labute approximate surface area is 206 Å². The van der Waals surface area contributed by atoms with Crippen molar-refractivity contribution >= 4 is 11.6 Å². The first kappa shape index (κ1) is 24.9. The zero-order valence-corrected chi connectivity index (χ0v) is 22.5. The maximum atomic E-state index is 14.0. The van der Waals surface area contributed by atoms with Crippen LogP contribution in [0, 0.1) is 40.4 Å². The van der Waals surface area contributed by atoms with Crippen molar-refractivity contribution in [2.75, 3.05) is 13.1 Å². The first-order valence-electron chi connectivity index (χ1n) is 13.8. The van der Waals surface area contributed by atoms with Gasteiger partial charge >= 0.3 is 0 Å². The van der Waals surface area contributed by atoms with Gasteiger partial charge in [0.1, 0.15) is 11.6 Å². The van der Waals surface area contributed by atoms with Crippen molar-refractivity contribution in [3.8, 4) is 0 Å². The minimum absolute atomic E-state index is 0.0478. The summed E-state index contributed by atoms with van der Waals surface area (Å²) in [7, 11) is 0. The standard InChI is InChI=1S/C29H47NO4/c1-17(31)20-10-11-21-19-9-8-18-12-23(32)22(30-15-26(2,3)34-27(4,5)16-30)13-28(18,6)25(19)24(33)14-29(20,21)7/h18-23,25,32H,8-16H2,1-7H3/t18?,19-,20+,21-,22?,23?,25+,28-,29+/m0/s1. The fourth-order valence-electron chi connectivity index (χ4n) is 10.2. The third kappa shape index (κ3) is 3.75. The number of Topliss-reactive ketones (excluding diaryl/α,β-unsaturated/α-hetero) is 2. The number of nitrogens with zero attached hydrogens (tertiary/aromatic N) is 1. The lowest BCUT2D eigenvalue weighted by Gasteiger charge is -2.62. The number of morpholine rings is 1. The maximum absolute atomic E-state index is 14.0. The van der Waals surface area contributed by atoms with Crippen LogP contribution in [-0.4, -0.2) is 58.0 Å². The van der Waals surface area contributed by atoms with Crippen LogP contribution in [0.2, 0.25) is 0 Å². The SMILES string of the molecule is CC(=O)[C@H]1CC[C@H]2[C@@H]3CCC4CC(O)C(N5CC(C)(C)OC(C)(C)C5)C[C@]4(C)[C@H]3C(=O)C[C@]12C. The van der Waals surface area contributed by atoms with E-state index >= 15 is 0 Å². The molecule has 0 aromatic carbocycles. The predicted octanol–water partition coefficient (Wildman–Crippen LogP) is 4.64. The van der Waals surface area contributed by atoms with Gasteiger partial charge < -0.3 is 9.84 Å². The smallest absolute Gasteiger partial charge is 0.137 e. The van der Waals surface area contributed by atoms with Crippen LogP contribution in [0.3, 0.4) is 0 Å². The van der Waals surface area contributed by atoms with E-state index in [4.69, 9.17) is 4.74 Å². The van der Waals surface area contributed by atoms with Crippen molar-refractivity contribution in [1.82, 2.24) is 4.90 Å². The van der Waals surface area contributed by atoms with Crippen LogP contribution in [-0.2, 0) is 14.3 Å². The summed E-state index contributed by atoms with van der Waals surface area (Å²) in [5.41, 5.74) is -0.754. The molecule has 5 nitrogen and oxygen atoms in total. The predicted molar refractivity (Wildman–Crippen MR) is 132 cm³/mol. The van der Waals surface area contributed by atoms with Crippen LogP contribution >= 0.6 is 0 Å². The molecule has 3 unspecified atom stereocenters. The van der Waals surface area contributed by atoms with Gasteiger partial charge in [0.2, 0.25) is 0 Å². The second kappa shape index (κ2) is 7.86. The molecule has 1 saturated heterocycles. The molecule has 5 aliphatic rings. The summed E-state index contributed by atoms with van der Waals surface area (Å²) in [4.78, 5) is 28.9. The number of carbonyl (C=O) groups is 2. The molecule has 5 rings (SSSR count). The van der Waals surface area contributed by atoms with Crippen LogP contribution in [0.1, 0.15) is 93.4 Å². The number of carbonyl (C=O) groups excluding carboxylic acids is 2. The summed E-state index contributed by atoms with van der Waals surface area (Å²) in [6.07, 6.45) is 6.13. The molecule has 5 heteroatoms. The third-order valence-corrected chi connectivity index (χ3v) is 11.0. The lowest BCUT2D eigenvalue weighted by Crippen LogP contribution is -2.66. The molecule has 0 spiro atoms. The first-order valence-corrected chi connectivity index (χ1v) is 13.8. The van der Waals surface area contributed by atoms with Crippen molar-refractivity contribution in [3.63, 3.8) is 0 Å². The molecular formula is C29H47NO4. The summed E-state index contributed by atoms with van der Waals surface area (Å²) in [5, 5.41) is 11.4. The minimum atomic E-state index is -0.350. The highest BCUT2D eigenvalue weighted by molar-refractivity contribution is 5.87. The van der Waals surface area contributed by atoms with Gasteiger partial charge in [-0.1, -0.05) is 13.8 Å². The van der Waals surface area contributed by atoms with E-state index in [0.717, 1.165) is 51.6 Å². The van der Waals surface area contributed by atoms with Crippen LogP contribution < -0.4 is 0 Å². The molecule has 0 amide bonds. The Balaban J connectivity index is 1.45. The van der Waals surface area contributed by atoms with Crippen molar-refractivity contribution < 1.29 is 19.4 Å².